The third-order valence-electron chi connectivity index (χ3n) is 3.51. The number of pyridine rings is 1. The van der Waals surface area contributed by atoms with Crippen molar-refractivity contribution in [1.29, 1.82) is 0 Å². The highest BCUT2D eigenvalue weighted by molar-refractivity contribution is 5.85. The summed E-state index contributed by atoms with van der Waals surface area (Å²) < 4.78 is 0. The van der Waals surface area contributed by atoms with Gasteiger partial charge in [0.2, 0.25) is 0 Å². The Morgan fingerprint density at radius 3 is 2.17 bits per heavy atom. The van der Waals surface area contributed by atoms with Crippen LogP contribution in [0.5, 0.6) is 0 Å². The Kier molecular flexibility index (Phi) is 4.00. The molecule has 1 saturated carbocycles. The minimum atomic E-state index is 0. The Hall–Kier alpha value is -1.38. The number of aromatic nitrogens is 1. The number of halogens is 1. The van der Waals surface area contributed by atoms with Crippen LogP contribution in [0.15, 0.2) is 48.8 Å². The van der Waals surface area contributed by atoms with Crippen molar-refractivity contribution in [3.8, 4) is 11.1 Å². The van der Waals surface area contributed by atoms with Crippen molar-refractivity contribution in [1.82, 2.24) is 10.3 Å². The second-order valence-corrected chi connectivity index (χ2v) is 4.60. The summed E-state index contributed by atoms with van der Waals surface area (Å²) in [5.41, 5.74) is 3.94. The first-order valence-electron chi connectivity index (χ1n) is 6.06. The Morgan fingerprint density at radius 2 is 1.61 bits per heavy atom. The van der Waals surface area contributed by atoms with E-state index >= 15 is 0 Å². The summed E-state index contributed by atoms with van der Waals surface area (Å²) in [5, 5.41) is 3.33. The zero-order chi connectivity index (χ0) is 11.7. The van der Waals surface area contributed by atoms with Crippen LogP contribution >= 0.6 is 12.4 Å². The van der Waals surface area contributed by atoms with Gasteiger partial charge in [0.25, 0.3) is 0 Å². The molecule has 2 nitrogen and oxygen atoms in total. The first-order valence-corrected chi connectivity index (χ1v) is 6.06. The molecular weight excluding hydrogens is 244 g/mol. The Labute approximate surface area is 114 Å². The van der Waals surface area contributed by atoms with E-state index in [4.69, 9.17) is 0 Å². The summed E-state index contributed by atoms with van der Waals surface area (Å²) in [6.07, 6.45) is 4.94. The molecule has 1 N–H and O–H groups in total. The number of hydrogen-bond acceptors (Lipinski definition) is 2. The lowest BCUT2D eigenvalue weighted by Crippen LogP contribution is -2.10. The maximum atomic E-state index is 4.04. The van der Waals surface area contributed by atoms with Crippen molar-refractivity contribution in [3.05, 3.63) is 54.4 Å². The van der Waals surface area contributed by atoms with Crippen LogP contribution in [-0.4, -0.2) is 18.1 Å². The fraction of sp³-hybridized carbons (Fsp3) is 0.267. The number of likely N-dealkylation sites (N-methyl/N-ethyl adjacent to an activating group) is 1. The zero-order valence-corrected chi connectivity index (χ0v) is 11.2. The van der Waals surface area contributed by atoms with Gasteiger partial charge in [-0.25, -0.2) is 0 Å². The maximum absolute atomic E-state index is 4.04. The zero-order valence-electron chi connectivity index (χ0n) is 10.3. The Bertz CT molecular complexity index is 496. The van der Waals surface area contributed by atoms with Crippen molar-refractivity contribution in [3.63, 3.8) is 0 Å². The molecule has 0 spiro atoms. The van der Waals surface area contributed by atoms with Crippen LogP contribution in [0.1, 0.15) is 17.9 Å². The van der Waals surface area contributed by atoms with Gasteiger partial charge in [-0.15, -0.1) is 12.4 Å². The Morgan fingerprint density at radius 1 is 1.00 bits per heavy atom. The number of nitrogens with one attached hydrogen (secondary N) is 1. The molecule has 3 rings (SSSR count). The monoisotopic (exact) mass is 260 g/mol. The normalized spacial score (nSPS) is 21.2. The molecule has 0 aliphatic heterocycles. The summed E-state index contributed by atoms with van der Waals surface area (Å²) in [6, 6.07) is 13.7. The molecule has 18 heavy (non-hydrogen) atoms. The molecule has 0 saturated heterocycles. The molecular formula is C15H17ClN2. The molecule has 0 bridgehead atoms. The summed E-state index contributed by atoms with van der Waals surface area (Å²) in [6.45, 7) is 0. The number of benzene rings is 1. The fourth-order valence-electron chi connectivity index (χ4n) is 2.35. The number of rotatable bonds is 3. The predicted molar refractivity (Wildman–Crippen MR) is 77.1 cm³/mol. The van der Waals surface area contributed by atoms with Crippen LogP contribution in [0.2, 0.25) is 0 Å². The van der Waals surface area contributed by atoms with Crippen LogP contribution in [0.4, 0.5) is 0 Å². The summed E-state index contributed by atoms with van der Waals surface area (Å²) >= 11 is 0. The largest absolute Gasteiger partial charge is 0.316 e. The van der Waals surface area contributed by atoms with Crippen molar-refractivity contribution in [2.45, 2.75) is 18.4 Å². The maximum Gasteiger partial charge on any atom is 0.0273 e. The van der Waals surface area contributed by atoms with E-state index in [2.05, 4.69) is 34.6 Å². The van der Waals surface area contributed by atoms with Crippen molar-refractivity contribution in [2.24, 2.45) is 0 Å². The van der Waals surface area contributed by atoms with Gasteiger partial charge in [0.1, 0.15) is 0 Å². The molecule has 2 atom stereocenters. The predicted octanol–water partition coefficient (Wildman–Crippen LogP) is 3.25. The smallest absolute Gasteiger partial charge is 0.0273 e. The molecule has 1 aliphatic rings. The SMILES string of the molecule is CN[C@@H]1C[C@H]1c1ccc(-c2ccncc2)cc1.Cl. The highest BCUT2D eigenvalue weighted by Crippen LogP contribution is 2.40. The van der Waals surface area contributed by atoms with Gasteiger partial charge >= 0.3 is 0 Å². The number of nitrogens with zero attached hydrogens (tertiary/aromatic N) is 1. The summed E-state index contributed by atoms with van der Waals surface area (Å²) in [4.78, 5) is 4.04. The molecule has 1 heterocycles. The molecule has 94 valence electrons. The van der Waals surface area contributed by atoms with E-state index in [0.717, 1.165) is 0 Å². The third-order valence-corrected chi connectivity index (χ3v) is 3.51. The van der Waals surface area contributed by atoms with Crippen molar-refractivity contribution >= 4 is 12.4 Å². The van der Waals surface area contributed by atoms with Crippen molar-refractivity contribution in [2.75, 3.05) is 7.05 Å². The lowest BCUT2D eigenvalue weighted by molar-refractivity contribution is 0.784. The lowest BCUT2D eigenvalue weighted by atomic mass is 10.0. The highest BCUT2D eigenvalue weighted by Gasteiger charge is 2.36. The van der Waals surface area contributed by atoms with Gasteiger partial charge in [-0.3, -0.25) is 4.98 Å². The van der Waals surface area contributed by atoms with Gasteiger partial charge in [-0.05, 0) is 42.3 Å². The topological polar surface area (TPSA) is 24.9 Å². The average Bonchev–Trinajstić information content (AvgIpc) is 3.19. The van der Waals surface area contributed by atoms with Crippen LogP contribution in [0.3, 0.4) is 0 Å². The third kappa shape index (κ3) is 2.55. The lowest BCUT2D eigenvalue weighted by Gasteiger charge is -2.04. The van der Waals surface area contributed by atoms with E-state index < -0.39 is 0 Å². The van der Waals surface area contributed by atoms with E-state index in [1.807, 2.05) is 31.6 Å². The second-order valence-electron chi connectivity index (χ2n) is 4.60. The minimum absolute atomic E-state index is 0. The van der Waals surface area contributed by atoms with Gasteiger partial charge in [-0.1, -0.05) is 24.3 Å². The quantitative estimate of drug-likeness (QED) is 0.916. The van der Waals surface area contributed by atoms with Gasteiger partial charge < -0.3 is 5.32 Å². The minimum Gasteiger partial charge on any atom is -0.316 e. The first kappa shape index (κ1) is 13.1. The second kappa shape index (κ2) is 5.51. The van der Waals surface area contributed by atoms with Crippen LogP contribution in [0.25, 0.3) is 11.1 Å². The summed E-state index contributed by atoms with van der Waals surface area (Å²) in [7, 11) is 2.04. The standard InChI is InChI=1S/C15H16N2.ClH/c1-16-15-10-14(15)13-4-2-11(3-5-13)12-6-8-17-9-7-12;/h2-9,14-16H,10H2,1H3;1H/t14-,15+;/m0./s1. The van der Waals surface area contributed by atoms with Gasteiger partial charge in [0.05, 0.1) is 0 Å². The van der Waals surface area contributed by atoms with Crippen molar-refractivity contribution < 1.29 is 0 Å². The molecule has 1 aromatic heterocycles. The van der Waals surface area contributed by atoms with Gasteiger partial charge in [0, 0.05) is 24.4 Å². The molecule has 0 radical (unpaired) electrons. The average molecular weight is 261 g/mol. The molecule has 0 amide bonds. The molecule has 1 aromatic carbocycles. The van der Waals surface area contributed by atoms with Gasteiger partial charge in [-0.2, -0.15) is 0 Å². The van der Waals surface area contributed by atoms with E-state index in [1.54, 1.807) is 0 Å². The fourth-order valence-corrected chi connectivity index (χ4v) is 2.35. The van der Waals surface area contributed by atoms with E-state index in [0.29, 0.717) is 12.0 Å². The van der Waals surface area contributed by atoms with E-state index in [1.165, 1.54) is 23.1 Å². The van der Waals surface area contributed by atoms with Crippen LogP contribution in [-0.2, 0) is 0 Å². The molecule has 3 heteroatoms. The highest BCUT2D eigenvalue weighted by atomic mass is 35.5. The number of hydrogen-bond donors (Lipinski definition) is 1. The molecule has 2 aromatic rings. The van der Waals surface area contributed by atoms with E-state index in [9.17, 15) is 0 Å². The summed E-state index contributed by atoms with van der Waals surface area (Å²) in [5.74, 6) is 0.714. The van der Waals surface area contributed by atoms with Crippen LogP contribution in [0, 0.1) is 0 Å². The first-order chi connectivity index (χ1) is 8.38. The Balaban J connectivity index is 0.00000120. The molecule has 1 aliphatic carbocycles. The van der Waals surface area contributed by atoms with E-state index in [-0.39, 0.29) is 12.4 Å². The van der Waals surface area contributed by atoms with Gasteiger partial charge in [0.15, 0.2) is 0 Å². The molecule has 0 unspecified atom stereocenters. The van der Waals surface area contributed by atoms with Crippen LogP contribution < -0.4 is 5.32 Å². The molecule has 1 fully saturated rings.